The number of allylic oxidation sites excluding steroid dienone is 1. The van der Waals surface area contributed by atoms with E-state index in [1.165, 1.54) is 12.5 Å². The van der Waals surface area contributed by atoms with E-state index in [1.54, 1.807) is 0 Å². The Morgan fingerprint density at radius 2 is 1.43 bits per heavy atom. The Morgan fingerprint density at radius 1 is 0.820 bits per heavy atom. The number of ether oxygens (including phenoxy) is 4. The summed E-state index contributed by atoms with van der Waals surface area (Å²) in [6.07, 6.45) is -6.71. The van der Waals surface area contributed by atoms with Gasteiger partial charge in [0.2, 0.25) is 5.91 Å². The molecule has 0 aromatic heterocycles. The third-order valence-electron chi connectivity index (χ3n) is 17.6. The number of aliphatic hydroxyl groups is 7. The summed E-state index contributed by atoms with van der Waals surface area (Å²) >= 11 is 0. The topological polar surface area (TPSA) is 245 Å². The lowest BCUT2D eigenvalue weighted by atomic mass is 9.43. The molecule has 350 valence electrons. The van der Waals surface area contributed by atoms with Gasteiger partial charge < -0.3 is 65.1 Å². The number of carbonyl (C=O) groups excluding carboxylic acids is 1. The van der Waals surface area contributed by atoms with Gasteiger partial charge in [0.05, 0.1) is 30.3 Å². The van der Waals surface area contributed by atoms with Gasteiger partial charge in [-0.15, -0.1) is 0 Å². The van der Waals surface area contributed by atoms with Gasteiger partial charge in [-0.2, -0.15) is 0 Å². The average Bonchev–Trinajstić information content (AvgIpc) is 3.50. The minimum absolute atomic E-state index is 0.0725. The van der Waals surface area contributed by atoms with Crippen LogP contribution in [0.4, 0.5) is 0 Å². The average molecular weight is 868 g/mol. The van der Waals surface area contributed by atoms with E-state index in [0.717, 1.165) is 37.7 Å². The standard InChI is InChI=1S/C46H77NO14/c1-23(13-19-45(10,57)41(3,4)5)25-15-20-46(40(55)56)27-11-12-30-42(6,7)31(16-17-43(30,8)26(27)14-18-44(25,46)9)60-39-37(36(54)34(52)29(22-49)59-39)61-38-32(47-24(2)50)35(53)33(51)28(21-48)58-38/h23,25,28-39,48-49,51-54,57H,11-22H2,1-10H3,(H,47,50)(H,55,56)/t23-,25-,28-,29-,30+,31+,32-,33-,34+,35-,36+,37-,38+,39+,43-,44-,45-,46+/m1/s1. The van der Waals surface area contributed by atoms with Crippen molar-refractivity contribution in [3.8, 4) is 0 Å². The first kappa shape index (κ1) is 48.7. The molecule has 0 bridgehead atoms. The van der Waals surface area contributed by atoms with Gasteiger partial charge in [0.15, 0.2) is 12.6 Å². The molecule has 2 heterocycles. The van der Waals surface area contributed by atoms with Crippen molar-refractivity contribution in [3.63, 3.8) is 0 Å². The lowest BCUT2D eigenvalue weighted by molar-refractivity contribution is -0.367. The Kier molecular flexibility index (Phi) is 13.8. The second-order valence-corrected chi connectivity index (χ2v) is 22.0. The van der Waals surface area contributed by atoms with Gasteiger partial charge in [0.25, 0.3) is 0 Å². The van der Waals surface area contributed by atoms with Crippen LogP contribution in [0.5, 0.6) is 0 Å². The lowest BCUT2D eigenvalue weighted by Crippen LogP contribution is -2.68. The number of nitrogens with one attached hydrogen (secondary N) is 1. The van der Waals surface area contributed by atoms with Crippen LogP contribution in [-0.2, 0) is 28.5 Å². The van der Waals surface area contributed by atoms with Gasteiger partial charge in [0.1, 0.15) is 48.8 Å². The molecular weight excluding hydrogens is 790 g/mol. The van der Waals surface area contributed by atoms with Crippen molar-refractivity contribution in [2.75, 3.05) is 13.2 Å². The highest BCUT2D eigenvalue weighted by Crippen LogP contribution is 2.73. The number of aliphatic carboxylic acids is 1. The molecule has 0 unspecified atom stereocenters. The van der Waals surface area contributed by atoms with Gasteiger partial charge in [-0.3, -0.25) is 9.59 Å². The number of carboxylic acids is 1. The largest absolute Gasteiger partial charge is 0.481 e. The second kappa shape index (κ2) is 17.2. The summed E-state index contributed by atoms with van der Waals surface area (Å²) in [5.74, 6) is -0.773. The maximum atomic E-state index is 13.9. The molecule has 1 amide bonds. The Morgan fingerprint density at radius 3 is 2.00 bits per heavy atom. The first-order chi connectivity index (χ1) is 28.2. The molecule has 2 saturated heterocycles. The predicted octanol–water partition coefficient (Wildman–Crippen LogP) is 3.17. The first-order valence-corrected chi connectivity index (χ1v) is 22.7. The fraction of sp³-hybridized carbons (Fsp3) is 0.913. The Bertz CT molecular complexity index is 1650. The van der Waals surface area contributed by atoms with Gasteiger partial charge in [-0.1, -0.05) is 66.5 Å². The molecule has 61 heavy (non-hydrogen) atoms. The summed E-state index contributed by atoms with van der Waals surface area (Å²) in [7, 11) is 0. The van der Waals surface area contributed by atoms with Crippen molar-refractivity contribution in [3.05, 3.63) is 11.1 Å². The van der Waals surface area contributed by atoms with Gasteiger partial charge in [-0.25, -0.2) is 0 Å². The number of amides is 1. The summed E-state index contributed by atoms with van der Waals surface area (Å²) in [4.78, 5) is 26.0. The second-order valence-electron chi connectivity index (χ2n) is 22.0. The first-order valence-electron chi connectivity index (χ1n) is 22.7. The monoisotopic (exact) mass is 868 g/mol. The maximum Gasteiger partial charge on any atom is 0.314 e. The molecule has 18 atom stereocenters. The van der Waals surface area contributed by atoms with E-state index in [1.807, 2.05) is 6.92 Å². The fourth-order valence-corrected chi connectivity index (χ4v) is 13.3. The van der Waals surface area contributed by atoms with Crippen LogP contribution in [0.3, 0.4) is 0 Å². The van der Waals surface area contributed by atoms with E-state index in [9.17, 15) is 50.4 Å². The minimum atomic E-state index is -1.68. The molecule has 15 nitrogen and oxygen atoms in total. The van der Waals surface area contributed by atoms with E-state index >= 15 is 0 Å². The Hall–Kier alpha value is -1.76. The van der Waals surface area contributed by atoms with Crippen LogP contribution in [0.1, 0.15) is 133 Å². The smallest absolute Gasteiger partial charge is 0.314 e. The Balaban J connectivity index is 1.26. The molecule has 4 aliphatic carbocycles. The third-order valence-corrected chi connectivity index (χ3v) is 17.6. The van der Waals surface area contributed by atoms with Crippen molar-refractivity contribution in [2.45, 2.75) is 207 Å². The molecule has 2 aliphatic heterocycles. The number of hydrogen-bond donors (Lipinski definition) is 9. The molecule has 0 aromatic rings. The highest BCUT2D eigenvalue weighted by atomic mass is 16.8. The molecular formula is C46H77NO14. The summed E-state index contributed by atoms with van der Waals surface area (Å²) in [6.45, 7) is 19.0. The van der Waals surface area contributed by atoms with Gasteiger partial charge in [0, 0.05) is 6.92 Å². The zero-order chi connectivity index (χ0) is 45.4. The summed E-state index contributed by atoms with van der Waals surface area (Å²) in [5, 5.41) is 89.2. The minimum Gasteiger partial charge on any atom is -0.481 e. The molecule has 6 aliphatic rings. The van der Waals surface area contributed by atoms with Gasteiger partial charge in [-0.05, 0) is 111 Å². The highest BCUT2D eigenvalue weighted by Gasteiger charge is 2.69. The normalized spacial score (nSPS) is 45.2. The van der Waals surface area contributed by atoms with Crippen molar-refractivity contribution < 1.29 is 69.4 Å². The van der Waals surface area contributed by atoms with Crippen molar-refractivity contribution >= 4 is 11.9 Å². The molecule has 15 heteroatoms. The SMILES string of the molecule is CC(=O)N[C@H]1[C@H](O[C@H]2[C@H](O[C@H]3CC[C@]4(C)C5=C(CC[C@H]4C3(C)C)[C@]3(C(=O)O)CC[C@H]([C@H](C)CC[C@@](C)(O)C(C)(C)C)[C@@]3(C)CC5)O[C@H](CO)[C@H](O)[C@@H]2O)O[C@H](CO)[C@@H](O)[C@@H]1O. The van der Waals surface area contributed by atoms with E-state index < -0.39 is 114 Å². The maximum absolute atomic E-state index is 13.9. The van der Waals surface area contributed by atoms with Crippen LogP contribution in [0.2, 0.25) is 0 Å². The van der Waals surface area contributed by atoms with E-state index in [0.29, 0.717) is 32.1 Å². The van der Waals surface area contributed by atoms with Crippen molar-refractivity contribution in [2.24, 2.45) is 44.8 Å². The number of carboxylic acid groups (broad SMARTS) is 1. The predicted molar refractivity (Wildman–Crippen MR) is 222 cm³/mol. The molecule has 4 fully saturated rings. The number of fused-ring (bicyclic) bond motifs is 4. The number of rotatable bonds is 12. The van der Waals surface area contributed by atoms with E-state index in [2.05, 4.69) is 60.7 Å². The summed E-state index contributed by atoms with van der Waals surface area (Å²) in [6, 6.07) is -1.33. The summed E-state index contributed by atoms with van der Waals surface area (Å²) < 4.78 is 24.9. The summed E-state index contributed by atoms with van der Waals surface area (Å²) in [5.41, 5.74) is -0.980. The quantitative estimate of drug-likeness (QED) is 0.128. The lowest BCUT2D eigenvalue weighted by Gasteiger charge is -2.62. The van der Waals surface area contributed by atoms with E-state index in [-0.39, 0.29) is 28.6 Å². The molecule has 6 rings (SSSR count). The zero-order valence-corrected chi connectivity index (χ0v) is 38.1. The van der Waals surface area contributed by atoms with Gasteiger partial charge >= 0.3 is 5.97 Å². The van der Waals surface area contributed by atoms with Crippen LogP contribution in [0.25, 0.3) is 0 Å². The molecule has 0 radical (unpaired) electrons. The number of hydrogen-bond acceptors (Lipinski definition) is 13. The Labute approximate surface area is 361 Å². The third kappa shape index (κ3) is 8.05. The van der Waals surface area contributed by atoms with Crippen LogP contribution in [-0.4, -0.2) is 139 Å². The van der Waals surface area contributed by atoms with Crippen LogP contribution in [0, 0.1) is 44.8 Å². The number of carbonyl (C=O) groups is 2. The van der Waals surface area contributed by atoms with Crippen molar-refractivity contribution in [1.82, 2.24) is 5.32 Å². The van der Waals surface area contributed by atoms with Crippen LogP contribution >= 0.6 is 0 Å². The highest BCUT2D eigenvalue weighted by molar-refractivity contribution is 5.82. The molecule has 0 aromatic carbocycles. The number of aliphatic hydroxyl groups excluding tert-OH is 6. The van der Waals surface area contributed by atoms with Crippen LogP contribution in [0.15, 0.2) is 11.1 Å². The molecule has 0 spiro atoms. The van der Waals surface area contributed by atoms with Crippen LogP contribution < -0.4 is 5.32 Å². The zero-order valence-electron chi connectivity index (χ0n) is 38.1. The molecule has 2 saturated carbocycles. The van der Waals surface area contributed by atoms with E-state index in [4.69, 9.17) is 18.9 Å². The fourth-order valence-electron chi connectivity index (χ4n) is 13.3. The molecule has 9 N–H and O–H groups in total. The van der Waals surface area contributed by atoms with Crippen molar-refractivity contribution in [1.29, 1.82) is 0 Å².